The van der Waals surface area contributed by atoms with Gasteiger partial charge in [-0.05, 0) is 12.1 Å². The van der Waals surface area contributed by atoms with Crippen LogP contribution in [-0.4, -0.2) is 25.2 Å². The Hall–Kier alpha value is -2.08. The molecular weight excluding hydrogens is 278 g/mol. The third-order valence-electron chi connectivity index (χ3n) is 2.56. The number of rotatable bonds is 6. The number of esters is 1. The first-order chi connectivity index (χ1) is 9.71. The lowest BCUT2D eigenvalue weighted by Crippen LogP contribution is -2.05. The molecule has 6 heteroatoms. The SMILES string of the molecule is COC(=O)Cc1csc(COc2cccc(OC)c2)n1. The average molecular weight is 293 g/mol. The number of carbonyl (C=O) groups excluding carboxylic acids is 1. The fourth-order valence-corrected chi connectivity index (χ4v) is 2.26. The van der Waals surface area contributed by atoms with Crippen molar-refractivity contribution in [3.63, 3.8) is 0 Å². The minimum absolute atomic E-state index is 0.187. The third kappa shape index (κ3) is 3.96. The van der Waals surface area contributed by atoms with E-state index in [0.717, 1.165) is 10.8 Å². The summed E-state index contributed by atoms with van der Waals surface area (Å²) >= 11 is 1.46. The van der Waals surface area contributed by atoms with Crippen LogP contribution in [0.2, 0.25) is 0 Å². The van der Waals surface area contributed by atoms with Gasteiger partial charge in [-0.3, -0.25) is 4.79 Å². The largest absolute Gasteiger partial charge is 0.497 e. The zero-order valence-corrected chi connectivity index (χ0v) is 12.1. The Kier molecular flexibility index (Phi) is 4.95. The predicted octanol–water partition coefficient (Wildman–Crippen LogP) is 2.45. The Morgan fingerprint density at radius 2 is 2.10 bits per heavy atom. The van der Waals surface area contributed by atoms with Crippen LogP contribution in [0.4, 0.5) is 0 Å². The molecule has 1 aromatic carbocycles. The van der Waals surface area contributed by atoms with Gasteiger partial charge in [0.1, 0.15) is 23.1 Å². The molecule has 20 heavy (non-hydrogen) atoms. The number of hydrogen-bond donors (Lipinski definition) is 0. The summed E-state index contributed by atoms with van der Waals surface area (Å²) in [5.41, 5.74) is 0.700. The summed E-state index contributed by atoms with van der Waals surface area (Å²) in [4.78, 5) is 15.5. The summed E-state index contributed by atoms with van der Waals surface area (Å²) in [5.74, 6) is 1.16. The number of hydrogen-bond acceptors (Lipinski definition) is 6. The first kappa shape index (κ1) is 14.3. The van der Waals surface area contributed by atoms with Crippen LogP contribution in [0.25, 0.3) is 0 Å². The van der Waals surface area contributed by atoms with Crippen molar-refractivity contribution in [1.82, 2.24) is 4.98 Å². The van der Waals surface area contributed by atoms with Crippen LogP contribution in [0.1, 0.15) is 10.7 Å². The van der Waals surface area contributed by atoms with Crippen molar-refractivity contribution >= 4 is 17.3 Å². The molecular formula is C14H15NO4S. The molecule has 0 saturated carbocycles. The summed E-state index contributed by atoms with van der Waals surface area (Å²) in [5, 5.41) is 2.65. The molecule has 0 saturated heterocycles. The van der Waals surface area contributed by atoms with Gasteiger partial charge in [-0.2, -0.15) is 0 Å². The molecule has 2 rings (SSSR count). The van der Waals surface area contributed by atoms with E-state index in [1.807, 2.05) is 29.6 Å². The summed E-state index contributed by atoms with van der Waals surface area (Å²) in [6, 6.07) is 7.37. The highest BCUT2D eigenvalue weighted by molar-refractivity contribution is 7.09. The quantitative estimate of drug-likeness (QED) is 0.766. The maximum absolute atomic E-state index is 11.1. The van der Waals surface area contributed by atoms with Gasteiger partial charge in [0.2, 0.25) is 0 Å². The monoisotopic (exact) mass is 293 g/mol. The molecule has 1 aromatic heterocycles. The zero-order chi connectivity index (χ0) is 14.4. The molecule has 0 amide bonds. The van der Waals surface area contributed by atoms with Gasteiger partial charge >= 0.3 is 5.97 Å². The van der Waals surface area contributed by atoms with Gasteiger partial charge < -0.3 is 14.2 Å². The summed E-state index contributed by atoms with van der Waals surface area (Å²) in [6.45, 7) is 0.360. The van der Waals surface area contributed by atoms with Crippen molar-refractivity contribution in [2.24, 2.45) is 0 Å². The molecule has 5 nitrogen and oxygen atoms in total. The van der Waals surface area contributed by atoms with E-state index in [-0.39, 0.29) is 12.4 Å². The molecule has 0 fully saturated rings. The third-order valence-corrected chi connectivity index (χ3v) is 3.43. The van der Waals surface area contributed by atoms with Crippen LogP contribution in [0.5, 0.6) is 11.5 Å². The van der Waals surface area contributed by atoms with Gasteiger partial charge in [0.25, 0.3) is 0 Å². The van der Waals surface area contributed by atoms with Crippen molar-refractivity contribution < 1.29 is 19.0 Å². The van der Waals surface area contributed by atoms with Crippen molar-refractivity contribution in [2.45, 2.75) is 13.0 Å². The lowest BCUT2D eigenvalue weighted by Gasteiger charge is -2.05. The molecule has 0 aliphatic carbocycles. The van der Waals surface area contributed by atoms with Crippen LogP contribution in [0.15, 0.2) is 29.6 Å². The van der Waals surface area contributed by atoms with E-state index in [1.165, 1.54) is 18.4 Å². The van der Waals surface area contributed by atoms with Gasteiger partial charge in [-0.25, -0.2) is 4.98 Å². The molecule has 1 heterocycles. The highest BCUT2D eigenvalue weighted by Crippen LogP contribution is 2.20. The van der Waals surface area contributed by atoms with Crippen LogP contribution < -0.4 is 9.47 Å². The van der Waals surface area contributed by atoms with Crippen LogP contribution in [0, 0.1) is 0 Å². The zero-order valence-electron chi connectivity index (χ0n) is 11.3. The minimum atomic E-state index is -0.296. The second-order valence-electron chi connectivity index (χ2n) is 3.95. The highest BCUT2D eigenvalue weighted by Gasteiger charge is 2.08. The van der Waals surface area contributed by atoms with Gasteiger partial charge in [-0.15, -0.1) is 11.3 Å². The first-order valence-electron chi connectivity index (χ1n) is 5.98. The summed E-state index contributed by atoms with van der Waals surface area (Å²) in [7, 11) is 2.97. The number of carbonyl (C=O) groups is 1. The predicted molar refractivity (Wildman–Crippen MR) is 75.2 cm³/mol. The van der Waals surface area contributed by atoms with Gasteiger partial charge in [0, 0.05) is 11.4 Å². The lowest BCUT2D eigenvalue weighted by molar-refractivity contribution is -0.139. The van der Waals surface area contributed by atoms with Crippen LogP contribution in [0.3, 0.4) is 0 Å². The molecule has 0 radical (unpaired) electrons. The fraction of sp³-hybridized carbons (Fsp3) is 0.286. The minimum Gasteiger partial charge on any atom is -0.497 e. The number of aromatic nitrogens is 1. The molecule has 2 aromatic rings. The number of ether oxygens (including phenoxy) is 3. The average Bonchev–Trinajstić information content (AvgIpc) is 2.92. The Balaban J connectivity index is 1.92. The van der Waals surface area contributed by atoms with Gasteiger partial charge in [0.15, 0.2) is 0 Å². The van der Waals surface area contributed by atoms with Gasteiger partial charge in [0.05, 0.1) is 26.3 Å². The molecule has 0 bridgehead atoms. The fourth-order valence-electron chi connectivity index (χ4n) is 1.55. The second-order valence-corrected chi connectivity index (χ2v) is 4.90. The second kappa shape index (κ2) is 6.91. The number of methoxy groups -OCH3 is 2. The first-order valence-corrected chi connectivity index (χ1v) is 6.86. The van der Waals surface area contributed by atoms with E-state index in [0.29, 0.717) is 18.1 Å². The molecule has 0 aliphatic rings. The Labute approximate surface area is 121 Å². The number of thiazole rings is 1. The molecule has 0 N–H and O–H groups in total. The molecule has 0 spiro atoms. The van der Waals surface area contributed by atoms with E-state index in [4.69, 9.17) is 9.47 Å². The Morgan fingerprint density at radius 3 is 2.85 bits per heavy atom. The van der Waals surface area contributed by atoms with Crippen LogP contribution >= 0.6 is 11.3 Å². The van der Waals surface area contributed by atoms with Gasteiger partial charge in [-0.1, -0.05) is 6.07 Å². The molecule has 0 unspecified atom stereocenters. The number of nitrogens with zero attached hydrogens (tertiary/aromatic N) is 1. The van der Waals surface area contributed by atoms with Crippen molar-refractivity contribution in [1.29, 1.82) is 0 Å². The maximum atomic E-state index is 11.1. The van der Waals surface area contributed by atoms with Crippen molar-refractivity contribution in [3.8, 4) is 11.5 Å². The Bertz CT molecular complexity index is 582. The summed E-state index contributed by atoms with van der Waals surface area (Å²) < 4.78 is 15.4. The van der Waals surface area contributed by atoms with Crippen molar-refractivity contribution in [2.75, 3.05) is 14.2 Å². The topological polar surface area (TPSA) is 57.7 Å². The summed E-state index contributed by atoms with van der Waals surface area (Å²) in [6.07, 6.45) is 0.187. The van der Waals surface area contributed by atoms with Crippen LogP contribution in [-0.2, 0) is 22.6 Å². The van der Waals surface area contributed by atoms with E-state index in [9.17, 15) is 4.79 Å². The standard InChI is InChI=1S/C14H15NO4S/c1-17-11-4-3-5-12(7-11)19-8-13-15-10(9-20-13)6-14(16)18-2/h3-5,7,9H,6,8H2,1-2H3. The highest BCUT2D eigenvalue weighted by atomic mass is 32.1. The molecule has 0 aliphatic heterocycles. The molecule has 106 valence electrons. The molecule has 0 atom stereocenters. The van der Waals surface area contributed by atoms with E-state index < -0.39 is 0 Å². The van der Waals surface area contributed by atoms with E-state index >= 15 is 0 Å². The normalized spacial score (nSPS) is 10.1. The van der Waals surface area contributed by atoms with E-state index in [1.54, 1.807) is 7.11 Å². The smallest absolute Gasteiger partial charge is 0.311 e. The lowest BCUT2D eigenvalue weighted by atomic mass is 10.3. The Morgan fingerprint density at radius 1 is 1.30 bits per heavy atom. The number of benzene rings is 1. The van der Waals surface area contributed by atoms with Crippen molar-refractivity contribution in [3.05, 3.63) is 40.3 Å². The van der Waals surface area contributed by atoms with E-state index in [2.05, 4.69) is 9.72 Å². The maximum Gasteiger partial charge on any atom is 0.311 e.